The Morgan fingerprint density at radius 3 is 2.33 bits per heavy atom. The maximum Gasteiger partial charge on any atom is 0.261 e. The molecule has 0 saturated heterocycles. The first-order valence-electron chi connectivity index (χ1n) is 8.16. The van der Waals surface area contributed by atoms with E-state index in [1.807, 2.05) is 49.4 Å². The molecule has 0 aromatic heterocycles. The number of nitrogens with zero attached hydrogens (tertiary/aromatic N) is 1. The van der Waals surface area contributed by atoms with Gasteiger partial charge in [0.2, 0.25) is 0 Å². The summed E-state index contributed by atoms with van der Waals surface area (Å²) in [6.07, 6.45) is 1.61. The summed E-state index contributed by atoms with van der Waals surface area (Å²) >= 11 is 0. The van der Waals surface area contributed by atoms with Gasteiger partial charge < -0.3 is 10.2 Å². The van der Waals surface area contributed by atoms with Crippen LogP contribution in [0.3, 0.4) is 0 Å². The lowest BCUT2D eigenvalue weighted by Gasteiger charge is -2.13. The minimum atomic E-state index is -0.196. The maximum atomic E-state index is 11.8. The number of rotatable bonds is 7. The third-order valence-electron chi connectivity index (χ3n) is 3.75. The van der Waals surface area contributed by atoms with Crippen LogP contribution in [0.5, 0.6) is 0 Å². The quantitative estimate of drug-likeness (QED) is 0.617. The average Bonchev–Trinajstić information content (AvgIpc) is 2.60. The largest absolute Gasteiger partial charge is 0.386 e. The molecule has 2 aromatic carbocycles. The third kappa shape index (κ3) is 5.54. The number of oxime groups is 1. The summed E-state index contributed by atoms with van der Waals surface area (Å²) in [4.78, 5) is 16.9. The van der Waals surface area contributed by atoms with E-state index in [1.54, 1.807) is 6.21 Å². The van der Waals surface area contributed by atoms with Gasteiger partial charge in [0.15, 0.2) is 6.61 Å². The summed E-state index contributed by atoms with van der Waals surface area (Å²) in [7, 11) is 0. The van der Waals surface area contributed by atoms with Gasteiger partial charge in [0, 0.05) is 0 Å². The monoisotopic (exact) mass is 324 g/mol. The topological polar surface area (TPSA) is 50.7 Å². The van der Waals surface area contributed by atoms with E-state index in [0.717, 1.165) is 11.1 Å². The summed E-state index contributed by atoms with van der Waals surface area (Å²) < 4.78 is 0. The van der Waals surface area contributed by atoms with Gasteiger partial charge in [-0.15, -0.1) is 0 Å². The van der Waals surface area contributed by atoms with E-state index in [4.69, 9.17) is 4.84 Å². The Morgan fingerprint density at radius 2 is 1.71 bits per heavy atom. The van der Waals surface area contributed by atoms with Crippen molar-refractivity contribution in [1.82, 2.24) is 5.32 Å². The van der Waals surface area contributed by atoms with Crippen molar-refractivity contribution in [3.05, 3.63) is 71.3 Å². The second kappa shape index (κ2) is 8.87. The van der Waals surface area contributed by atoms with Crippen LogP contribution in [0.4, 0.5) is 0 Å². The Labute approximate surface area is 143 Å². The van der Waals surface area contributed by atoms with E-state index >= 15 is 0 Å². The highest BCUT2D eigenvalue weighted by Crippen LogP contribution is 2.14. The molecule has 1 N–H and O–H groups in total. The van der Waals surface area contributed by atoms with Crippen molar-refractivity contribution in [3.63, 3.8) is 0 Å². The first kappa shape index (κ1) is 17.7. The van der Waals surface area contributed by atoms with Crippen LogP contribution in [0.2, 0.25) is 0 Å². The molecule has 0 fully saturated rings. The van der Waals surface area contributed by atoms with Crippen LogP contribution in [-0.2, 0) is 9.63 Å². The van der Waals surface area contributed by atoms with Crippen LogP contribution in [0.1, 0.15) is 49.4 Å². The van der Waals surface area contributed by atoms with Crippen molar-refractivity contribution in [2.75, 3.05) is 6.61 Å². The highest BCUT2D eigenvalue weighted by Gasteiger charge is 2.09. The number of amides is 1. The minimum absolute atomic E-state index is 0.0603. The molecule has 0 bridgehead atoms. The van der Waals surface area contributed by atoms with Crippen LogP contribution >= 0.6 is 0 Å². The number of carbonyl (C=O) groups is 1. The fourth-order valence-corrected chi connectivity index (χ4v) is 2.27. The molecule has 0 aliphatic heterocycles. The van der Waals surface area contributed by atoms with Gasteiger partial charge in [0.1, 0.15) is 0 Å². The summed E-state index contributed by atoms with van der Waals surface area (Å²) in [5.74, 6) is 0.307. The third-order valence-corrected chi connectivity index (χ3v) is 3.75. The van der Waals surface area contributed by atoms with Gasteiger partial charge in [0.25, 0.3) is 5.91 Å². The molecule has 126 valence electrons. The lowest BCUT2D eigenvalue weighted by atomic mass is 10.0. The lowest BCUT2D eigenvalue weighted by molar-refractivity contribution is -0.126. The molecule has 4 nitrogen and oxygen atoms in total. The molecule has 1 amide bonds. The van der Waals surface area contributed by atoms with E-state index in [0.29, 0.717) is 5.92 Å². The number of nitrogens with one attached hydrogen (secondary N) is 1. The molecule has 0 unspecified atom stereocenters. The van der Waals surface area contributed by atoms with E-state index in [2.05, 4.69) is 36.5 Å². The van der Waals surface area contributed by atoms with Crippen LogP contribution in [0.25, 0.3) is 0 Å². The molecule has 2 rings (SSSR count). The first-order valence-corrected chi connectivity index (χ1v) is 8.16. The highest BCUT2D eigenvalue weighted by atomic mass is 16.6. The molecule has 4 heteroatoms. The smallest absolute Gasteiger partial charge is 0.261 e. The molecule has 0 heterocycles. The van der Waals surface area contributed by atoms with Gasteiger partial charge in [-0.3, -0.25) is 4.79 Å². The zero-order chi connectivity index (χ0) is 17.4. The number of hydrogen-bond acceptors (Lipinski definition) is 3. The van der Waals surface area contributed by atoms with Crippen molar-refractivity contribution < 1.29 is 9.63 Å². The zero-order valence-corrected chi connectivity index (χ0v) is 14.4. The molecular formula is C20H24N2O2. The van der Waals surface area contributed by atoms with E-state index in [9.17, 15) is 4.79 Å². The van der Waals surface area contributed by atoms with Crippen molar-refractivity contribution in [2.24, 2.45) is 5.16 Å². The summed E-state index contributed by atoms with van der Waals surface area (Å²) in [6, 6.07) is 17.8. The second-order valence-corrected chi connectivity index (χ2v) is 6.03. The lowest BCUT2D eigenvalue weighted by Crippen LogP contribution is -2.29. The Bertz CT molecular complexity index is 664. The van der Waals surface area contributed by atoms with Crippen LogP contribution in [0.15, 0.2) is 59.8 Å². The van der Waals surface area contributed by atoms with Crippen molar-refractivity contribution >= 4 is 12.1 Å². The van der Waals surface area contributed by atoms with E-state index in [-0.39, 0.29) is 18.6 Å². The number of hydrogen-bond donors (Lipinski definition) is 1. The Kier molecular flexibility index (Phi) is 6.55. The van der Waals surface area contributed by atoms with Crippen molar-refractivity contribution in [3.8, 4) is 0 Å². The molecule has 0 saturated carbocycles. The van der Waals surface area contributed by atoms with Crippen LogP contribution in [0, 0.1) is 0 Å². The van der Waals surface area contributed by atoms with E-state index < -0.39 is 0 Å². The van der Waals surface area contributed by atoms with Gasteiger partial charge in [-0.05, 0) is 29.5 Å². The fourth-order valence-electron chi connectivity index (χ4n) is 2.27. The SMILES string of the molecule is CC(C)c1ccc(/C=N\OCC(=O)N[C@H](C)c2ccccc2)cc1. The standard InChI is InChI=1S/C20H24N2O2/c1-15(2)18-11-9-17(10-12-18)13-21-24-14-20(23)22-16(3)19-7-5-4-6-8-19/h4-13,15-16H,14H2,1-3H3,(H,22,23)/b21-13-/t16-/m1/s1. The molecule has 0 aliphatic carbocycles. The summed E-state index contributed by atoms with van der Waals surface area (Å²) in [6.45, 7) is 6.15. The normalized spacial score (nSPS) is 12.3. The zero-order valence-electron chi connectivity index (χ0n) is 14.4. The van der Waals surface area contributed by atoms with Gasteiger partial charge in [0.05, 0.1) is 12.3 Å². The molecule has 0 radical (unpaired) electrons. The maximum absolute atomic E-state index is 11.8. The number of carbonyl (C=O) groups excluding carboxylic acids is 1. The Hall–Kier alpha value is -2.62. The Morgan fingerprint density at radius 1 is 1.04 bits per heavy atom. The second-order valence-electron chi connectivity index (χ2n) is 6.03. The molecule has 24 heavy (non-hydrogen) atoms. The summed E-state index contributed by atoms with van der Waals surface area (Å²) in [5.41, 5.74) is 3.28. The molecule has 1 atom stereocenters. The molecule has 0 spiro atoms. The van der Waals surface area contributed by atoms with E-state index in [1.165, 1.54) is 5.56 Å². The molecular weight excluding hydrogens is 300 g/mol. The highest BCUT2D eigenvalue weighted by molar-refractivity contribution is 5.80. The molecule has 2 aromatic rings. The van der Waals surface area contributed by atoms with Gasteiger partial charge in [-0.25, -0.2) is 0 Å². The van der Waals surface area contributed by atoms with Gasteiger partial charge in [-0.2, -0.15) is 0 Å². The molecule has 0 aliphatic rings. The van der Waals surface area contributed by atoms with Crippen LogP contribution in [-0.4, -0.2) is 18.7 Å². The van der Waals surface area contributed by atoms with Crippen molar-refractivity contribution in [1.29, 1.82) is 0 Å². The average molecular weight is 324 g/mol. The number of benzene rings is 2. The van der Waals surface area contributed by atoms with Gasteiger partial charge >= 0.3 is 0 Å². The van der Waals surface area contributed by atoms with Gasteiger partial charge in [-0.1, -0.05) is 73.6 Å². The minimum Gasteiger partial charge on any atom is -0.386 e. The van der Waals surface area contributed by atoms with Crippen LogP contribution < -0.4 is 5.32 Å². The first-order chi connectivity index (χ1) is 11.6. The van der Waals surface area contributed by atoms with Crippen molar-refractivity contribution in [2.45, 2.75) is 32.7 Å². The predicted octanol–water partition coefficient (Wildman–Crippen LogP) is 4.04. The Balaban J connectivity index is 1.75. The fraction of sp³-hybridized carbons (Fsp3) is 0.300. The summed E-state index contributed by atoms with van der Waals surface area (Å²) in [5, 5.41) is 6.73. The predicted molar refractivity (Wildman–Crippen MR) is 97.1 cm³/mol.